The second-order valence-electron chi connectivity index (χ2n) is 3.84. The molecule has 0 aliphatic heterocycles. The van der Waals surface area contributed by atoms with Crippen LogP contribution in [0.1, 0.15) is 0 Å². The van der Waals surface area contributed by atoms with Gasteiger partial charge >= 0.3 is 0 Å². The van der Waals surface area contributed by atoms with Gasteiger partial charge in [-0.1, -0.05) is 12.1 Å². The molecular weight excluding hydrogens is 250 g/mol. The van der Waals surface area contributed by atoms with Crippen molar-refractivity contribution in [2.24, 2.45) is 0 Å². The zero-order valence-electron chi connectivity index (χ0n) is 10.1. The molecule has 18 heavy (non-hydrogen) atoms. The van der Waals surface area contributed by atoms with Crippen LogP contribution in [0.5, 0.6) is 0 Å². The van der Waals surface area contributed by atoms with Crippen LogP contribution < -0.4 is 5.32 Å². The van der Waals surface area contributed by atoms with Gasteiger partial charge in [0, 0.05) is 31.3 Å². The lowest BCUT2D eigenvalue weighted by Gasteiger charge is -2.03. The van der Waals surface area contributed by atoms with E-state index >= 15 is 0 Å². The topological polar surface area (TPSA) is 72.0 Å². The maximum Gasteiger partial charge on any atom is 0.222 e. The quantitative estimate of drug-likeness (QED) is 0.910. The Morgan fingerprint density at radius 1 is 1.00 bits per heavy atom. The summed E-state index contributed by atoms with van der Waals surface area (Å²) in [4.78, 5) is 8.51. The van der Waals surface area contributed by atoms with Gasteiger partial charge in [-0.2, -0.15) is 0 Å². The Hall–Kier alpha value is -1.95. The lowest BCUT2D eigenvalue weighted by Crippen LogP contribution is -1.97. The lowest BCUT2D eigenvalue weighted by atomic mass is 10.1. The van der Waals surface area contributed by atoms with Crippen LogP contribution >= 0.6 is 0 Å². The van der Waals surface area contributed by atoms with Gasteiger partial charge in [0.15, 0.2) is 9.84 Å². The maximum atomic E-state index is 11.3. The van der Waals surface area contributed by atoms with Gasteiger partial charge < -0.3 is 5.32 Å². The standard InChI is InChI=1S/C12H13N3O2S/c1-13-12-14-7-10(8-15-12)9-3-5-11(6-4-9)18(2,16)17/h3-8H,1-2H3,(H,13,14,15). The number of rotatable bonds is 3. The first kappa shape index (κ1) is 12.5. The van der Waals surface area contributed by atoms with E-state index in [4.69, 9.17) is 0 Å². The average Bonchev–Trinajstić information content (AvgIpc) is 2.38. The zero-order chi connectivity index (χ0) is 13.2. The summed E-state index contributed by atoms with van der Waals surface area (Å²) >= 11 is 0. The number of hydrogen-bond donors (Lipinski definition) is 1. The summed E-state index contributed by atoms with van der Waals surface area (Å²) in [7, 11) is -1.41. The lowest BCUT2D eigenvalue weighted by molar-refractivity contribution is 0.602. The molecule has 0 bridgehead atoms. The zero-order valence-corrected chi connectivity index (χ0v) is 10.9. The van der Waals surface area contributed by atoms with Crippen molar-refractivity contribution < 1.29 is 8.42 Å². The Morgan fingerprint density at radius 2 is 1.56 bits per heavy atom. The maximum absolute atomic E-state index is 11.3. The summed E-state index contributed by atoms with van der Waals surface area (Å²) in [5.74, 6) is 0.548. The van der Waals surface area contributed by atoms with E-state index in [-0.39, 0.29) is 0 Å². The normalized spacial score (nSPS) is 11.2. The summed E-state index contributed by atoms with van der Waals surface area (Å²) in [5.41, 5.74) is 1.72. The first-order valence-corrected chi connectivity index (χ1v) is 7.20. The number of hydrogen-bond acceptors (Lipinski definition) is 5. The highest BCUT2D eigenvalue weighted by molar-refractivity contribution is 7.90. The molecule has 1 aromatic heterocycles. The minimum atomic E-state index is -3.15. The summed E-state index contributed by atoms with van der Waals surface area (Å²) in [6, 6.07) is 6.65. The van der Waals surface area contributed by atoms with E-state index in [0.29, 0.717) is 10.8 Å². The van der Waals surface area contributed by atoms with Crippen LogP contribution in [0, 0.1) is 0 Å². The number of sulfone groups is 1. The van der Waals surface area contributed by atoms with Crippen molar-refractivity contribution in [3.63, 3.8) is 0 Å². The van der Waals surface area contributed by atoms with E-state index in [0.717, 1.165) is 11.1 Å². The van der Waals surface area contributed by atoms with E-state index in [1.807, 2.05) is 0 Å². The van der Waals surface area contributed by atoms with E-state index in [1.165, 1.54) is 6.26 Å². The first-order valence-electron chi connectivity index (χ1n) is 5.31. The Balaban J connectivity index is 2.34. The fourth-order valence-corrected chi connectivity index (χ4v) is 2.13. The van der Waals surface area contributed by atoms with Crippen molar-refractivity contribution in [2.75, 3.05) is 18.6 Å². The van der Waals surface area contributed by atoms with Crippen LogP contribution in [0.4, 0.5) is 5.95 Å². The summed E-state index contributed by atoms with van der Waals surface area (Å²) in [6.07, 6.45) is 4.56. The fourth-order valence-electron chi connectivity index (χ4n) is 1.50. The molecule has 0 saturated carbocycles. The van der Waals surface area contributed by atoms with Gasteiger partial charge in [0.25, 0.3) is 0 Å². The number of nitrogens with zero attached hydrogens (tertiary/aromatic N) is 2. The van der Waals surface area contributed by atoms with Gasteiger partial charge in [-0.15, -0.1) is 0 Å². The molecule has 1 N–H and O–H groups in total. The smallest absolute Gasteiger partial charge is 0.222 e. The third-order valence-corrected chi connectivity index (χ3v) is 3.62. The van der Waals surface area contributed by atoms with Crippen LogP contribution in [0.2, 0.25) is 0 Å². The SMILES string of the molecule is CNc1ncc(-c2ccc(S(C)(=O)=O)cc2)cn1. The van der Waals surface area contributed by atoms with Crippen LogP contribution in [0.3, 0.4) is 0 Å². The highest BCUT2D eigenvalue weighted by atomic mass is 32.2. The molecule has 1 aromatic carbocycles. The molecule has 0 spiro atoms. The van der Waals surface area contributed by atoms with Crippen molar-refractivity contribution >= 4 is 15.8 Å². The number of anilines is 1. The largest absolute Gasteiger partial charge is 0.357 e. The molecule has 0 atom stereocenters. The fraction of sp³-hybridized carbons (Fsp3) is 0.167. The van der Waals surface area contributed by atoms with Gasteiger partial charge in [0.1, 0.15) is 0 Å². The molecule has 1 heterocycles. The van der Waals surface area contributed by atoms with E-state index in [2.05, 4.69) is 15.3 Å². The van der Waals surface area contributed by atoms with E-state index in [9.17, 15) is 8.42 Å². The Kier molecular flexibility index (Phi) is 3.29. The molecule has 0 aliphatic carbocycles. The third kappa shape index (κ3) is 2.65. The molecule has 2 rings (SSSR count). The number of nitrogens with one attached hydrogen (secondary N) is 1. The highest BCUT2D eigenvalue weighted by Gasteiger charge is 2.07. The van der Waals surface area contributed by atoms with Crippen molar-refractivity contribution in [1.82, 2.24) is 9.97 Å². The molecule has 6 heteroatoms. The molecule has 0 radical (unpaired) electrons. The first-order chi connectivity index (χ1) is 8.50. The Bertz CT molecular complexity index is 634. The molecule has 5 nitrogen and oxygen atoms in total. The van der Waals surface area contributed by atoms with Crippen molar-refractivity contribution in [3.05, 3.63) is 36.7 Å². The second-order valence-corrected chi connectivity index (χ2v) is 5.86. The van der Waals surface area contributed by atoms with Gasteiger partial charge in [-0.3, -0.25) is 0 Å². The van der Waals surface area contributed by atoms with Gasteiger partial charge in [-0.05, 0) is 17.7 Å². The monoisotopic (exact) mass is 263 g/mol. The molecular formula is C12H13N3O2S. The van der Waals surface area contributed by atoms with Gasteiger partial charge in [-0.25, -0.2) is 18.4 Å². The Labute approximate surface area is 106 Å². The van der Waals surface area contributed by atoms with Crippen LogP contribution in [0.25, 0.3) is 11.1 Å². The average molecular weight is 263 g/mol. The van der Waals surface area contributed by atoms with E-state index in [1.54, 1.807) is 43.7 Å². The molecule has 94 valence electrons. The van der Waals surface area contributed by atoms with Crippen molar-refractivity contribution in [3.8, 4) is 11.1 Å². The third-order valence-electron chi connectivity index (χ3n) is 2.49. The van der Waals surface area contributed by atoms with Crippen molar-refractivity contribution in [2.45, 2.75) is 4.90 Å². The number of benzene rings is 1. The summed E-state index contributed by atoms with van der Waals surface area (Å²) < 4.78 is 22.7. The summed E-state index contributed by atoms with van der Waals surface area (Å²) in [5, 5.41) is 2.83. The molecule has 0 aliphatic rings. The van der Waals surface area contributed by atoms with E-state index < -0.39 is 9.84 Å². The number of aromatic nitrogens is 2. The van der Waals surface area contributed by atoms with Crippen LogP contribution in [0.15, 0.2) is 41.6 Å². The van der Waals surface area contributed by atoms with Crippen LogP contribution in [-0.2, 0) is 9.84 Å². The molecule has 0 unspecified atom stereocenters. The predicted molar refractivity (Wildman–Crippen MR) is 70.1 cm³/mol. The molecule has 0 amide bonds. The molecule has 2 aromatic rings. The highest BCUT2D eigenvalue weighted by Crippen LogP contribution is 2.20. The van der Waals surface area contributed by atoms with Crippen LogP contribution in [-0.4, -0.2) is 31.7 Å². The van der Waals surface area contributed by atoms with Gasteiger partial charge in [0.05, 0.1) is 4.90 Å². The minimum Gasteiger partial charge on any atom is -0.357 e. The minimum absolute atomic E-state index is 0.305. The van der Waals surface area contributed by atoms with Gasteiger partial charge in [0.2, 0.25) is 5.95 Å². The molecule has 0 saturated heterocycles. The van der Waals surface area contributed by atoms with Crippen molar-refractivity contribution in [1.29, 1.82) is 0 Å². The Morgan fingerprint density at radius 3 is 2.00 bits per heavy atom. The second kappa shape index (κ2) is 4.73. The summed E-state index contributed by atoms with van der Waals surface area (Å²) in [6.45, 7) is 0. The predicted octanol–water partition coefficient (Wildman–Crippen LogP) is 1.59. The molecule has 0 fully saturated rings.